The van der Waals surface area contributed by atoms with Gasteiger partial charge >= 0.3 is 0 Å². The molecule has 2 rings (SSSR count). The standard InChI is InChI=1S/C12H20ClN3S/c1-4-14-11-7-17-6-9(11)5-10-8(2)15-16(3)12(10)13/h9,11,14H,4-7H2,1-3H3. The predicted molar refractivity (Wildman–Crippen MR) is 74.9 cm³/mol. The van der Waals surface area contributed by atoms with Crippen molar-refractivity contribution in [1.82, 2.24) is 15.1 Å². The lowest BCUT2D eigenvalue weighted by Crippen LogP contribution is -2.36. The van der Waals surface area contributed by atoms with E-state index in [0.717, 1.165) is 23.8 Å². The highest BCUT2D eigenvalue weighted by atomic mass is 35.5. The molecule has 0 radical (unpaired) electrons. The lowest BCUT2D eigenvalue weighted by molar-refractivity contribution is 0.433. The number of halogens is 1. The van der Waals surface area contributed by atoms with Crippen LogP contribution in [-0.2, 0) is 13.5 Å². The van der Waals surface area contributed by atoms with E-state index in [-0.39, 0.29) is 0 Å². The molecule has 0 aromatic carbocycles. The van der Waals surface area contributed by atoms with Crippen molar-refractivity contribution >= 4 is 23.4 Å². The van der Waals surface area contributed by atoms with Gasteiger partial charge in [0.15, 0.2) is 0 Å². The van der Waals surface area contributed by atoms with Crippen LogP contribution >= 0.6 is 23.4 Å². The first kappa shape index (κ1) is 13.2. The third-order valence-electron chi connectivity index (χ3n) is 3.40. The van der Waals surface area contributed by atoms with Gasteiger partial charge in [0, 0.05) is 24.4 Å². The van der Waals surface area contributed by atoms with Gasteiger partial charge in [-0.3, -0.25) is 4.68 Å². The molecule has 0 saturated carbocycles. The fraction of sp³-hybridized carbons (Fsp3) is 0.750. The zero-order valence-electron chi connectivity index (χ0n) is 10.7. The molecule has 2 atom stereocenters. The molecule has 0 aliphatic carbocycles. The molecule has 17 heavy (non-hydrogen) atoms. The van der Waals surface area contributed by atoms with Crippen molar-refractivity contribution in [2.24, 2.45) is 13.0 Å². The van der Waals surface area contributed by atoms with E-state index >= 15 is 0 Å². The minimum Gasteiger partial charge on any atom is -0.313 e. The molecule has 2 heterocycles. The van der Waals surface area contributed by atoms with Crippen molar-refractivity contribution < 1.29 is 0 Å². The first-order chi connectivity index (χ1) is 8.13. The Morgan fingerprint density at radius 1 is 1.53 bits per heavy atom. The second-order valence-electron chi connectivity index (χ2n) is 4.64. The molecular weight excluding hydrogens is 254 g/mol. The van der Waals surface area contributed by atoms with Crippen LogP contribution in [0.1, 0.15) is 18.2 Å². The van der Waals surface area contributed by atoms with Crippen LogP contribution in [0.4, 0.5) is 0 Å². The van der Waals surface area contributed by atoms with Crippen molar-refractivity contribution in [2.45, 2.75) is 26.3 Å². The Hall–Kier alpha value is -0.190. The van der Waals surface area contributed by atoms with Gasteiger partial charge in [0.2, 0.25) is 0 Å². The molecule has 1 aromatic heterocycles. The Kier molecular flexibility index (Phi) is 4.39. The molecule has 1 N–H and O–H groups in total. The highest BCUT2D eigenvalue weighted by Crippen LogP contribution is 2.30. The summed E-state index contributed by atoms with van der Waals surface area (Å²) in [5, 5.41) is 8.75. The average molecular weight is 274 g/mol. The van der Waals surface area contributed by atoms with E-state index in [1.165, 1.54) is 17.1 Å². The molecular formula is C12H20ClN3S. The van der Waals surface area contributed by atoms with Crippen molar-refractivity contribution in [1.29, 1.82) is 0 Å². The maximum Gasteiger partial charge on any atom is 0.130 e. The Bertz CT molecular complexity index is 391. The third-order valence-corrected chi connectivity index (χ3v) is 5.13. The van der Waals surface area contributed by atoms with Crippen LogP contribution < -0.4 is 5.32 Å². The van der Waals surface area contributed by atoms with Gasteiger partial charge in [0.05, 0.1) is 5.69 Å². The summed E-state index contributed by atoms with van der Waals surface area (Å²) in [5.74, 6) is 3.12. The Balaban J connectivity index is 2.09. The average Bonchev–Trinajstić information content (AvgIpc) is 2.81. The third kappa shape index (κ3) is 2.80. The molecule has 96 valence electrons. The molecule has 3 nitrogen and oxygen atoms in total. The molecule has 1 fully saturated rings. The van der Waals surface area contributed by atoms with E-state index in [0.29, 0.717) is 12.0 Å². The monoisotopic (exact) mass is 273 g/mol. The van der Waals surface area contributed by atoms with Crippen LogP contribution in [0.25, 0.3) is 0 Å². The van der Waals surface area contributed by atoms with Crippen LogP contribution in [0.2, 0.25) is 5.15 Å². The summed E-state index contributed by atoms with van der Waals surface area (Å²) in [6.45, 7) is 5.26. The summed E-state index contributed by atoms with van der Waals surface area (Å²) in [4.78, 5) is 0. The molecule has 1 aliphatic heterocycles. The first-order valence-electron chi connectivity index (χ1n) is 6.12. The number of aryl methyl sites for hydroxylation is 2. The summed E-state index contributed by atoms with van der Waals surface area (Å²) in [6, 6.07) is 0.626. The normalized spacial score (nSPS) is 24.5. The van der Waals surface area contributed by atoms with Crippen LogP contribution in [0.5, 0.6) is 0 Å². The van der Waals surface area contributed by atoms with Gasteiger partial charge in [0.1, 0.15) is 5.15 Å². The second-order valence-corrected chi connectivity index (χ2v) is 6.08. The largest absolute Gasteiger partial charge is 0.313 e. The van der Waals surface area contributed by atoms with E-state index in [1.54, 1.807) is 4.68 Å². The van der Waals surface area contributed by atoms with Gasteiger partial charge in [-0.1, -0.05) is 18.5 Å². The summed E-state index contributed by atoms with van der Waals surface area (Å²) < 4.78 is 1.77. The van der Waals surface area contributed by atoms with Gasteiger partial charge in [-0.2, -0.15) is 16.9 Å². The number of nitrogens with zero attached hydrogens (tertiary/aromatic N) is 2. The molecule has 0 bridgehead atoms. The van der Waals surface area contributed by atoms with Gasteiger partial charge in [0.25, 0.3) is 0 Å². The lowest BCUT2D eigenvalue weighted by atomic mass is 9.95. The Morgan fingerprint density at radius 3 is 2.88 bits per heavy atom. The van der Waals surface area contributed by atoms with E-state index in [9.17, 15) is 0 Å². The van der Waals surface area contributed by atoms with Crippen molar-refractivity contribution in [3.63, 3.8) is 0 Å². The molecule has 1 aromatic rings. The lowest BCUT2D eigenvalue weighted by Gasteiger charge is -2.19. The van der Waals surface area contributed by atoms with Gasteiger partial charge in [-0.15, -0.1) is 0 Å². The van der Waals surface area contributed by atoms with E-state index in [2.05, 4.69) is 17.3 Å². The molecule has 0 amide bonds. The zero-order valence-corrected chi connectivity index (χ0v) is 12.2. The zero-order chi connectivity index (χ0) is 12.4. The maximum atomic E-state index is 6.29. The fourth-order valence-corrected chi connectivity index (χ4v) is 4.14. The van der Waals surface area contributed by atoms with E-state index in [1.807, 2.05) is 25.7 Å². The minimum atomic E-state index is 0.626. The number of rotatable bonds is 4. The number of hydrogen-bond donors (Lipinski definition) is 1. The van der Waals surface area contributed by atoms with Gasteiger partial charge in [-0.05, 0) is 31.6 Å². The Morgan fingerprint density at radius 2 is 2.29 bits per heavy atom. The van der Waals surface area contributed by atoms with Crippen LogP contribution in [0.15, 0.2) is 0 Å². The van der Waals surface area contributed by atoms with Crippen LogP contribution in [0, 0.1) is 12.8 Å². The fourth-order valence-electron chi connectivity index (χ4n) is 2.46. The smallest absolute Gasteiger partial charge is 0.130 e. The van der Waals surface area contributed by atoms with Crippen LogP contribution in [-0.4, -0.2) is 33.9 Å². The van der Waals surface area contributed by atoms with Crippen molar-refractivity contribution in [3.05, 3.63) is 16.4 Å². The first-order valence-corrected chi connectivity index (χ1v) is 7.65. The molecule has 5 heteroatoms. The molecule has 2 unspecified atom stereocenters. The highest BCUT2D eigenvalue weighted by Gasteiger charge is 2.29. The van der Waals surface area contributed by atoms with Crippen molar-refractivity contribution in [2.75, 3.05) is 18.1 Å². The van der Waals surface area contributed by atoms with Crippen molar-refractivity contribution in [3.8, 4) is 0 Å². The summed E-state index contributed by atoms with van der Waals surface area (Å²) in [6.07, 6.45) is 1.04. The van der Waals surface area contributed by atoms with Crippen LogP contribution in [0.3, 0.4) is 0 Å². The number of thioether (sulfide) groups is 1. The summed E-state index contributed by atoms with van der Waals surface area (Å²) in [7, 11) is 1.91. The van der Waals surface area contributed by atoms with E-state index in [4.69, 9.17) is 11.6 Å². The number of hydrogen-bond acceptors (Lipinski definition) is 3. The minimum absolute atomic E-state index is 0.626. The second kappa shape index (κ2) is 5.63. The molecule has 0 spiro atoms. The molecule has 1 saturated heterocycles. The van der Waals surface area contributed by atoms with E-state index < -0.39 is 0 Å². The summed E-state index contributed by atoms with van der Waals surface area (Å²) in [5.41, 5.74) is 2.30. The Labute approximate surface area is 112 Å². The predicted octanol–water partition coefficient (Wildman–Crippen LogP) is 2.27. The van der Waals surface area contributed by atoms with Gasteiger partial charge in [-0.25, -0.2) is 0 Å². The SMILES string of the molecule is CCNC1CSCC1Cc1c(C)nn(C)c1Cl. The number of nitrogens with one attached hydrogen (secondary N) is 1. The summed E-state index contributed by atoms with van der Waals surface area (Å²) >= 11 is 8.33. The maximum absolute atomic E-state index is 6.29. The number of aromatic nitrogens is 2. The highest BCUT2D eigenvalue weighted by molar-refractivity contribution is 7.99. The quantitative estimate of drug-likeness (QED) is 0.913. The molecule has 1 aliphatic rings. The topological polar surface area (TPSA) is 29.9 Å². The van der Waals surface area contributed by atoms with Gasteiger partial charge < -0.3 is 5.32 Å².